The molecule has 0 saturated heterocycles. The lowest BCUT2D eigenvalue weighted by molar-refractivity contribution is -0.119. The van der Waals surface area contributed by atoms with Gasteiger partial charge >= 0.3 is 0 Å². The highest BCUT2D eigenvalue weighted by molar-refractivity contribution is 5.99. The molecule has 20 heavy (non-hydrogen) atoms. The third-order valence-corrected chi connectivity index (χ3v) is 3.29. The number of carbonyl (C=O) groups is 1. The number of amides is 1. The maximum Gasteiger partial charge on any atom is 0.239 e. The molecule has 0 bridgehead atoms. The number of fused-ring (bicyclic) bond motifs is 1. The van der Waals surface area contributed by atoms with Crippen molar-refractivity contribution in [2.24, 2.45) is 0 Å². The van der Waals surface area contributed by atoms with Gasteiger partial charge in [0, 0.05) is 36.8 Å². The number of pyridine rings is 1. The highest BCUT2D eigenvalue weighted by Crippen LogP contribution is 2.30. The van der Waals surface area contributed by atoms with Gasteiger partial charge in [-0.25, -0.2) is 0 Å². The van der Waals surface area contributed by atoms with Crippen molar-refractivity contribution >= 4 is 28.1 Å². The van der Waals surface area contributed by atoms with Crippen LogP contribution in [0.25, 0.3) is 10.8 Å². The maximum atomic E-state index is 11.6. The van der Waals surface area contributed by atoms with Crippen molar-refractivity contribution < 1.29 is 4.79 Å². The van der Waals surface area contributed by atoms with E-state index in [2.05, 4.69) is 17.2 Å². The summed E-state index contributed by atoms with van der Waals surface area (Å²) in [5, 5.41) is 4.62. The van der Waals surface area contributed by atoms with E-state index in [4.69, 9.17) is 5.73 Å². The van der Waals surface area contributed by atoms with E-state index >= 15 is 0 Å². The largest absolute Gasteiger partial charge is 0.397 e. The SMILES string of the molecule is CCCN(CC(=O)NC)c1ccc2cnccc2c1N. The molecule has 1 heterocycles. The summed E-state index contributed by atoms with van der Waals surface area (Å²) in [6, 6.07) is 5.84. The Labute approximate surface area is 118 Å². The molecule has 2 rings (SSSR count). The molecule has 5 nitrogen and oxygen atoms in total. The zero-order chi connectivity index (χ0) is 14.5. The minimum absolute atomic E-state index is 0.0207. The molecule has 0 spiro atoms. The van der Waals surface area contributed by atoms with Crippen LogP contribution in [0.2, 0.25) is 0 Å². The Kier molecular flexibility index (Phi) is 4.40. The van der Waals surface area contributed by atoms with Gasteiger partial charge in [-0.3, -0.25) is 9.78 Å². The molecule has 0 atom stereocenters. The number of nitrogen functional groups attached to an aromatic ring is 1. The number of benzene rings is 1. The zero-order valence-corrected chi connectivity index (χ0v) is 11.9. The maximum absolute atomic E-state index is 11.6. The summed E-state index contributed by atoms with van der Waals surface area (Å²) in [4.78, 5) is 17.7. The molecule has 0 aliphatic carbocycles. The van der Waals surface area contributed by atoms with E-state index in [-0.39, 0.29) is 5.91 Å². The molecule has 3 N–H and O–H groups in total. The van der Waals surface area contributed by atoms with E-state index in [0.717, 1.165) is 29.4 Å². The molecule has 5 heteroatoms. The number of rotatable bonds is 5. The second-order valence-electron chi connectivity index (χ2n) is 4.69. The minimum Gasteiger partial charge on any atom is -0.397 e. The first-order valence-electron chi connectivity index (χ1n) is 6.75. The monoisotopic (exact) mass is 272 g/mol. The molecule has 0 radical (unpaired) electrons. The Hall–Kier alpha value is -2.30. The second kappa shape index (κ2) is 6.23. The summed E-state index contributed by atoms with van der Waals surface area (Å²) in [7, 11) is 1.64. The Bertz CT molecular complexity index is 612. The third kappa shape index (κ3) is 2.82. The fraction of sp³-hybridized carbons (Fsp3) is 0.333. The number of nitrogens with one attached hydrogen (secondary N) is 1. The van der Waals surface area contributed by atoms with E-state index in [1.54, 1.807) is 19.4 Å². The van der Waals surface area contributed by atoms with E-state index in [1.807, 2.05) is 23.1 Å². The van der Waals surface area contributed by atoms with Gasteiger partial charge in [-0.05, 0) is 18.6 Å². The first-order chi connectivity index (χ1) is 9.67. The molecule has 2 aromatic rings. The van der Waals surface area contributed by atoms with Crippen LogP contribution in [0.4, 0.5) is 11.4 Å². The van der Waals surface area contributed by atoms with Crippen LogP contribution in [0.15, 0.2) is 30.6 Å². The van der Waals surface area contributed by atoms with E-state index in [9.17, 15) is 4.79 Å². The van der Waals surface area contributed by atoms with Crippen molar-refractivity contribution in [2.75, 3.05) is 30.8 Å². The molecular formula is C15H20N4O. The second-order valence-corrected chi connectivity index (χ2v) is 4.69. The van der Waals surface area contributed by atoms with Crippen LogP contribution >= 0.6 is 0 Å². The van der Waals surface area contributed by atoms with E-state index in [0.29, 0.717) is 12.2 Å². The predicted octanol–water partition coefficient (Wildman–Crippen LogP) is 1.78. The number of aromatic nitrogens is 1. The van der Waals surface area contributed by atoms with Crippen molar-refractivity contribution in [3.05, 3.63) is 30.6 Å². The van der Waals surface area contributed by atoms with Crippen LogP contribution < -0.4 is 16.0 Å². The van der Waals surface area contributed by atoms with Crippen LogP contribution in [0, 0.1) is 0 Å². The smallest absolute Gasteiger partial charge is 0.239 e. The van der Waals surface area contributed by atoms with Gasteiger partial charge < -0.3 is 16.0 Å². The molecule has 1 aromatic carbocycles. The lowest BCUT2D eigenvalue weighted by atomic mass is 10.1. The van der Waals surface area contributed by atoms with Gasteiger partial charge in [0.1, 0.15) is 0 Å². The van der Waals surface area contributed by atoms with Crippen molar-refractivity contribution in [1.82, 2.24) is 10.3 Å². The van der Waals surface area contributed by atoms with Crippen LogP contribution in [0.5, 0.6) is 0 Å². The van der Waals surface area contributed by atoms with Gasteiger partial charge in [0.25, 0.3) is 0 Å². The fourth-order valence-electron chi connectivity index (χ4n) is 2.26. The minimum atomic E-state index is -0.0207. The summed E-state index contributed by atoms with van der Waals surface area (Å²) in [5.74, 6) is -0.0207. The first kappa shape index (κ1) is 14.1. The van der Waals surface area contributed by atoms with Crippen LogP contribution in [0.1, 0.15) is 13.3 Å². The van der Waals surface area contributed by atoms with Gasteiger partial charge in [-0.1, -0.05) is 13.0 Å². The van der Waals surface area contributed by atoms with Crippen LogP contribution in [-0.2, 0) is 4.79 Å². The molecule has 0 fully saturated rings. The number of anilines is 2. The van der Waals surface area contributed by atoms with Gasteiger partial charge in [-0.15, -0.1) is 0 Å². The standard InChI is InChI=1S/C15H20N4O/c1-3-8-19(10-14(20)17-2)13-5-4-11-9-18-7-6-12(11)15(13)16/h4-7,9H,3,8,10,16H2,1-2H3,(H,17,20). The topological polar surface area (TPSA) is 71.2 Å². The van der Waals surface area contributed by atoms with Crippen molar-refractivity contribution in [2.45, 2.75) is 13.3 Å². The zero-order valence-electron chi connectivity index (χ0n) is 11.9. The van der Waals surface area contributed by atoms with Gasteiger partial charge in [0.05, 0.1) is 17.9 Å². The van der Waals surface area contributed by atoms with Gasteiger partial charge in [0.15, 0.2) is 0 Å². The predicted molar refractivity (Wildman–Crippen MR) is 82.7 cm³/mol. The number of carbonyl (C=O) groups excluding carboxylic acids is 1. The Morgan fingerprint density at radius 1 is 1.40 bits per heavy atom. The summed E-state index contributed by atoms with van der Waals surface area (Å²) in [6.07, 6.45) is 4.47. The Balaban J connectivity index is 2.42. The van der Waals surface area contributed by atoms with Gasteiger partial charge in [-0.2, -0.15) is 0 Å². The van der Waals surface area contributed by atoms with Crippen LogP contribution in [0.3, 0.4) is 0 Å². The Morgan fingerprint density at radius 2 is 2.20 bits per heavy atom. The average Bonchev–Trinajstić information content (AvgIpc) is 2.47. The summed E-state index contributed by atoms with van der Waals surface area (Å²) in [6.45, 7) is 3.18. The molecule has 106 valence electrons. The molecule has 0 saturated carbocycles. The number of nitrogens with zero attached hydrogens (tertiary/aromatic N) is 2. The highest BCUT2D eigenvalue weighted by atomic mass is 16.1. The third-order valence-electron chi connectivity index (χ3n) is 3.29. The van der Waals surface area contributed by atoms with E-state index < -0.39 is 0 Å². The van der Waals surface area contributed by atoms with Crippen molar-refractivity contribution in [3.8, 4) is 0 Å². The fourth-order valence-corrected chi connectivity index (χ4v) is 2.26. The quantitative estimate of drug-likeness (QED) is 0.814. The molecule has 0 aliphatic rings. The first-order valence-corrected chi connectivity index (χ1v) is 6.75. The molecule has 0 aliphatic heterocycles. The molecule has 0 unspecified atom stereocenters. The average molecular weight is 272 g/mol. The van der Waals surface area contributed by atoms with Crippen molar-refractivity contribution in [1.29, 1.82) is 0 Å². The highest BCUT2D eigenvalue weighted by Gasteiger charge is 2.14. The number of nitrogens with two attached hydrogens (primary N) is 1. The number of hydrogen-bond acceptors (Lipinski definition) is 4. The Morgan fingerprint density at radius 3 is 2.90 bits per heavy atom. The molecule has 1 aromatic heterocycles. The van der Waals surface area contributed by atoms with Crippen LogP contribution in [-0.4, -0.2) is 31.0 Å². The lowest BCUT2D eigenvalue weighted by Crippen LogP contribution is -2.36. The van der Waals surface area contributed by atoms with E-state index in [1.165, 1.54) is 0 Å². The van der Waals surface area contributed by atoms with Gasteiger partial charge in [0.2, 0.25) is 5.91 Å². The molecule has 1 amide bonds. The summed E-state index contributed by atoms with van der Waals surface area (Å²) < 4.78 is 0. The summed E-state index contributed by atoms with van der Waals surface area (Å²) in [5.41, 5.74) is 7.86. The van der Waals surface area contributed by atoms with Crippen molar-refractivity contribution in [3.63, 3.8) is 0 Å². The molecular weight excluding hydrogens is 252 g/mol. The number of likely N-dealkylation sites (N-methyl/N-ethyl adjacent to an activating group) is 1. The lowest BCUT2D eigenvalue weighted by Gasteiger charge is -2.25. The number of hydrogen-bond donors (Lipinski definition) is 2. The normalized spacial score (nSPS) is 10.5. The summed E-state index contributed by atoms with van der Waals surface area (Å²) >= 11 is 0.